The number of hydrogen-bond donors (Lipinski definition) is 3. The second-order valence-corrected chi connectivity index (χ2v) is 15.4. The van der Waals surface area contributed by atoms with Crippen molar-refractivity contribution in [3.8, 4) is 0 Å². The van der Waals surface area contributed by atoms with Crippen LogP contribution >= 0.6 is 7.82 Å². The number of phosphoric acid groups is 1. The number of esters is 2. The molecular formula is C46H77O10P. The van der Waals surface area contributed by atoms with E-state index >= 15 is 0 Å². The summed E-state index contributed by atoms with van der Waals surface area (Å²) in [5.74, 6) is -1.04. The van der Waals surface area contributed by atoms with Crippen molar-refractivity contribution < 1.29 is 47.8 Å². The molecule has 0 spiro atoms. The Hall–Kier alpha value is -2.85. The van der Waals surface area contributed by atoms with Gasteiger partial charge >= 0.3 is 19.8 Å². The lowest BCUT2D eigenvalue weighted by atomic mass is 10.1. The summed E-state index contributed by atoms with van der Waals surface area (Å²) < 4.78 is 32.6. The molecule has 0 bridgehead atoms. The minimum atomic E-state index is -4.64. The van der Waals surface area contributed by atoms with Crippen LogP contribution in [0.2, 0.25) is 0 Å². The molecule has 0 heterocycles. The Balaban J connectivity index is 4.46. The molecule has 326 valence electrons. The number of hydrogen-bond acceptors (Lipinski definition) is 9. The number of phosphoric ester groups is 1. The largest absolute Gasteiger partial charge is 0.472 e. The predicted octanol–water partition coefficient (Wildman–Crippen LogP) is 11.4. The van der Waals surface area contributed by atoms with E-state index in [1.807, 2.05) is 12.2 Å². The number of rotatable bonds is 39. The van der Waals surface area contributed by atoms with Gasteiger partial charge in [0, 0.05) is 12.8 Å². The Bertz CT molecular complexity index is 1220. The molecule has 3 N–H and O–H groups in total. The van der Waals surface area contributed by atoms with E-state index in [0.717, 1.165) is 64.2 Å². The molecule has 3 atom stereocenters. The second-order valence-electron chi connectivity index (χ2n) is 14.0. The zero-order chi connectivity index (χ0) is 41.9. The molecule has 0 saturated carbocycles. The highest BCUT2D eigenvalue weighted by Gasteiger charge is 2.27. The first kappa shape index (κ1) is 54.2. The summed E-state index contributed by atoms with van der Waals surface area (Å²) in [7, 11) is -4.64. The van der Waals surface area contributed by atoms with Crippen molar-refractivity contribution in [3.63, 3.8) is 0 Å². The van der Waals surface area contributed by atoms with Crippen molar-refractivity contribution in [1.82, 2.24) is 0 Å². The summed E-state index contributed by atoms with van der Waals surface area (Å²) in [4.78, 5) is 34.9. The Morgan fingerprint density at radius 2 is 1.00 bits per heavy atom. The van der Waals surface area contributed by atoms with E-state index in [9.17, 15) is 24.2 Å². The normalized spacial score (nSPS) is 14.7. The minimum absolute atomic E-state index is 0.0540. The average Bonchev–Trinajstić information content (AvgIpc) is 3.20. The first-order valence-corrected chi connectivity index (χ1v) is 23.0. The zero-order valence-electron chi connectivity index (χ0n) is 35.3. The molecule has 1 unspecified atom stereocenters. The molecule has 0 aromatic carbocycles. The molecule has 10 nitrogen and oxygen atoms in total. The van der Waals surface area contributed by atoms with Crippen molar-refractivity contribution in [1.29, 1.82) is 0 Å². The van der Waals surface area contributed by atoms with Gasteiger partial charge in [-0.25, -0.2) is 4.57 Å². The Morgan fingerprint density at radius 1 is 0.544 bits per heavy atom. The molecule has 0 radical (unpaired) electrons. The van der Waals surface area contributed by atoms with E-state index in [-0.39, 0.29) is 19.4 Å². The van der Waals surface area contributed by atoms with E-state index in [1.165, 1.54) is 51.4 Å². The van der Waals surface area contributed by atoms with Crippen molar-refractivity contribution in [2.75, 3.05) is 26.4 Å². The maximum atomic E-state index is 12.6. The standard InChI is InChI=1S/C46H77O10P/c1-3-5-7-9-11-13-15-17-19-20-21-22-24-26-28-30-32-34-36-38-46(50)56-44(42-55-57(51,52)54-40-43(48)39-47)41-53-45(49)37-35-33-31-29-27-25-23-18-16-14-12-10-8-6-4-2/h5,7,11,13-14,16-17,19,21-22,26,28,32,34,43-44,47-48H,3-4,6,8-10,12,15,18,20,23-25,27,29-31,33,35-42H2,1-2H3,(H,51,52)/t43-,44+/m0/s1. The number of ether oxygens (including phenoxy) is 2. The van der Waals surface area contributed by atoms with Gasteiger partial charge in [-0.1, -0.05) is 150 Å². The summed E-state index contributed by atoms with van der Waals surface area (Å²) in [6.45, 7) is 2.14. The SMILES string of the molecule is CCC=CCC=CCC=CCC=CCC=CCC=CCCC(=O)O[C@H](COC(=O)CCCCCCCCCC=CCCCCCC)COP(=O)(O)OC[C@@H](O)CO. The number of allylic oxidation sites excluding steroid dienone is 14. The van der Waals surface area contributed by atoms with Gasteiger partial charge in [0.2, 0.25) is 0 Å². The molecular weight excluding hydrogens is 743 g/mol. The fourth-order valence-corrected chi connectivity index (χ4v) is 6.04. The van der Waals surface area contributed by atoms with E-state index in [0.29, 0.717) is 12.8 Å². The third kappa shape index (κ3) is 41.1. The van der Waals surface area contributed by atoms with Gasteiger partial charge in [-0.2, -0.15) is 0 Å². The maximum Gasteiger partial charge on any atom is 0.472 e. The molecule has 0 aromatic heterocycles. The van der Waals surface area contributed by atoms with E-state index in [1.54, 1.807) is 0 Å². The highest BCUT2D eigenvalue weighted by atomic mass is 31.2. The summed E-state index contributed by atoms with van der Waals surface area (Å²) in [5, 5.41) is 18.3. The predicted molar refractivity (Wildman–Crippen MR) is 233 cm³/mol. The first-order valence-electron chi connectivity index (χ1n) is 21.5. The summed E-state index contributed by atoms with van der Waals surface area (Å²) >= 11 is 0. The van der Waals surface area contributed by atoms with E-state index in [2.05, 4.69) is 91.3 Å². The quantitative estimate of drug-likeness (QED) is 0.0237. The van der Waals surface area contributed by atoms with Gasteiger partial charge in [0.1, 0.15) is 12.7 Å². The van der Waals surface area contributed by atoms with Crippen LogP contribution in [0.25, 0.3) is 0 Å². The van der Waals surface area contributed by atoms with Gasteiger partial charge in [0.05, 0.1) is 19.8 Å². The van der Waals surface area contributed by atoms with Crippen molar-refractivity contribution in [3.05, 3.63) is 85.1 Å². The van der Waals surface area contributed by atoms with Crippen molar-refractivity contribution in [2.24, 2.45) is 0 Å². The van der Waals surface area contributed by atoms with Gasteiger partial charge in [0.15, 0.2) is 6.10 Å². The summed E-state index contributed by atoms with van der Waals surface area (Å²) in [6.07, 6.45) is 48.5. The van der Waals surface area contributed by atoms with Crippen molar-refractivity contribution in [2.45, 2.75) is 167 Å². The van der Waals surface area contributed by atoms with Crippen LogP contribution in [0.15, 0.2) is 85.1 Å². The number of unbranched alkanes of at least 4 members (excludes halogenated alkanes) is 11. The minimum Gasteiger partial charge on any atom is -0.462 e. The van der Waals surface area contributed by atoms with Gasteiger partial charge in [-0.05, 0) is 77.0 Å². The fraction of sp³-hybridized carbons (Fsp3) is 0.652. The van der Waals surface area contributed by atoms with Crippen LogP contribution in [0.1, 0.15) is 155 Å². The monoisotopic (exact) mass is 821 g/mol. The molecule has 0 aromatic rings. The van der Waals surface area contributed by atoms with Gasteiger partial charge < -0.3 is 24.6 Å². The number of aliphatic hydroxyl groups excluding tert-OH is 2. The summed E-state index contributed by atoms with van der Waals surface area (Å²) in [5.41, 5.74) is 0. The molecule has 0 amide bonds. The van der Waals surface area contributed by atoms with Gasteiger partial charge in [0.25, 0.3) is 0 Å². The molecule has 0 rings (SSSR count). The molecule has 11 heteroatoms. The smallest absolute Gasteiger partial charge is 0.462 e. The highest BCUT2D eigenvalue weighted by molar-refractivity contribution is 7.47. The lowest BCUT2D eigenvalue weighted by Gasteiger charge is -2.20. The molecule has 0 aliphatic heterocycles. The third-order valence-corrected chi connectivity index (χ3v) is 9.50. The Kier molecular flexibility index (Phi) is 39.2. The molecule has 57 heavy (non-hydrogen) atoms. The van der Waals surface area contributed by atoms with E-state index < -0.39 is 51.8 Å². The topological polar surface area (TPSA) is 149 Å². The molecule has 0 aliphatic rings. The van der Waals surface area contributed by atoms with Crippen LogP contribution in [0.4, 0.5) is 0 Å². The van der Waals surface area contributed by atoms with Crippen LogP contribution in [-0.2, 0) is 32.7 Å². The second kappa shape index (κ2) is 41.3. The van der Waals surface area contributed by atoms with Crippen LogP contribution in [0.5, 0.6) is 0 Å². The van der Waals surface area contributed by atoms with Gasteiger partial charge in [-0.3, -0.25) is 18.6 Å². The zero-order valence-corrected chi connectivity index (χ0v) is 36.2. The van der Waals surface area contributed by atoms with Gasteiger partial charge in [-0.15, -0.1) is 0 Å². The fourth-order valence-electron chi connectivity index (χ4n) is 5.25. The Morgan fingerprint density at radius 3 is 1.53 bits per heavy atom. The van der Waals surface area contributed by atoms with E-state index in [4.69, 9.17) is 19.1 Å². The first-order chi connectivity index (χ1) is 27.7. The van der Waals surface area contributed by atoms with Crippen LogP contribution in [-0.4, -0.2) is 65.7 Å². The van der Waals surface area contributed by atoms with Crippen molar-refractivity contribution >= 4 is 19.8 Å². The number of aliphatic hydroxyl groups is 2. The molecule has 0 aliphatic carbocycles. The van der Waals surface area contributed by atoms with Crippen LogP contribution in [0, 0.1) is 0 Å². The molecule has 0 saturated heterocycles. The average molecular weight is 821 g/mol. The number of carbonyl (C=O) groups excluding carboxylic acids is 2. The third-order valence-electron chi connectivity index (χ3n) is 8.55. The summed E-state index contributed by atoms with van der Waals surface area (Å²) in [6, 6.07) is 0. The lowest BCUT2D eigenvalue weighted by molar-refractivity contribution is -0.161. The van der Waals surface area contributed by atoms with Crippen LogP contribution in [0.3, 0.4) is 0 Å². The molecule has 0 fully saturated rings. The van der Waals surface area contributed by atoms with Crippen LogP contribution < -0.4 is 0 Å². The maximum absolute atomic E-state index is 12.6. The lowest BCUT2D eigenvalue weighted by Crippen LogP contribution is -2.29. The highest BCUT2D eigenvalue weighted by Crippen LogP contribution is 2.43. The Labute approximate surface area is 345 Å². The number of carbonyl (C=O) groups is 2.